The van der Waals surface area contributed by atoms with Gasteiger partial charge in [-0.1, -0.05) is 70.8 Å². The summed E-state index contributed by atoms with van der Waals surface area (Å²) in [4.78, 5) is 0. The van der Waals surface area contributed by atoms with Crippen LogP contribution in [0, 0.1) is 32.1 Å². The van der Waals surface area contributed by atoms with E-state index in [-0.39, 0.29) is 5.41 Å². The zero-order valence-corrected chi connectivity index (χ0v) is 16.3. The van der Waals surface area contributed by atoms with Gasteiger partial charge in [0, 0.05) is 0 Å². The molecule has 0 radical (unpaired) electrons. The lowest BCUT2D eigenvalue weighted by Crippen LogP contribution is -2.13. The predicted octanol–water partition coefficient (Wildman–Crippen LogP) is 6.68. The van der Waals surface area contributed by atoms with Gasteiger partial charge in [0.15, 0.2) is 0 Å². The molecule has 0 unspecified atom stereocenters. The van der Waals surface area contributed by atoms with Crippen molar-refractivity contribution in [2.75, 3.05) is 0 Å². The number of benzene rings is 2. The van der Waals surface area contributed by atoms with Crippen molar-refractivity contribution < 1.29 is 0 Å². The highest BCUT2D eigenvalue weighted by atomic mass is 14.3. The predicted molar refractivity (Wildman–Crippen MR) is 106 cm³/mol. The average Bonchev–Trinajstić information content (AvgIpc) is 2.47. The van der Waals surface area contributed by atoms with Gasteiger partial charge < -0.3 is 0 Å². The second kappa shape index (κ2) is 10.4. The van der Waals surface area contributed by atoms with Crippen LogP contribution in [0.5, 0.6) is 0 Å². The van der Waals surface area contributed by atoms with E-state index in [1.807, 2.05) is 52.8 Å². The molecule has 1 heteroatoms. The van der Waals surface area contributed by atoms with Gasteiger partial charge in [0.2, 0.25) is 0 Å². The first-order valence-corrected chi connectivity index (χ1v) is 8.22. The molecule has 1 nitrogen and oxygen atoms in total. The van der Waals surface area contributed by atoms with Crippen LogP contribution in [0.25, 0.3) is 0 Å². The van der Waals surface area contributed by atoms with Gasteiger partial charge >= 0.3 is 0 Å². The molecule has 24 heavy (non-hydrogen) atoms. The lowest BCUT2D eigenvalue weighted by Gasteiger charge is -2.15. The van der Waals surface area contributed by atoms with Crippen molar-refractivity contribution in [3.63, 3.8) is 0 Å². The van der Waals surface area contributed by atoms with Crippen LogP contribution in [0.15, 0.2) is 60.7 Å². The zero-order chi connectivity index (χ0) is 18.8. The van der Waals surface area contributed by atoms with Crippen LogP contribution < -0.4 is 0 Å². The SMILES string of the molecule is C=C(C)C.Cc1cccc(C(C)(C)C#N)c1.Cc1cccc(C)c1. The second-order valence-corrected chi connectivity index (χ2v) is 6.97. The molecule has 2 rings (SSSR count). The number of aryl methyl sites for hydroxylation is 3. The first-order chi connectivity index (χ1) is 11.1. The van der Waals surface area contributed by atoms with Gasteiger partial charge in [0.25, 0.3) is 0 Å². The summed E-state index contributed by atoms with van der Waals surface area (Å²) < 4.78 is 0. The highest BCUT2D eigenvalue weighted by Gasteiger charge is 2.18. The Kier molecular flexibility index (Phi) is 9.43. The van der Waals surface area contributed by atoms with Crippen LogP contribution in [0.2, 0.25) is 0 Å². The minimum absolute atomic E-state index is 0.369. The third-order valence-electron chi connectivity index (χ3n) is 3.19. The molecule has 0 spiro atoms. The Morgan fingerprint density at radius 2 is 1.25 bits per heavy atom. The first-order valence-electron chi connectivity index (χ1n) is 8.22. The fourth-order valence-electron chi connectivity index (χ4n) is 1.91. The molecule has 128 valence electrons. The Morgan fingerprint density at radius 3 is 1.54 bits per heavy atom. The third-order valence-corrected chi connectivity index (χ3v) is 3.19. The molecule has 0 aliphatic rings. The van der Waals surface area contributed by atoms with Crippen molar-refractivity contribution in [1.29, 1.82) is 5.26 Å². The van der Waals surface area contributed by atoms with Crippen molar-refractivity contribution in [1.82, 2.24) is 0 Å². The van der Waals surface area contributed by atoms with E-state index in [2.05, 4.69) is 56.8 Å². The van der Waals surface area contributed by atoms with Crippen molar-refractivity contribution in [3.8, 4) is 6.07 Å². The van der Waals surface area contributed by atoms with Gasteiger partial charge in [-0.05, 0) is 54.0 Å². The van der Waals surface area contributed by atoms with Crippen LogP contribution in [-0.2, 0) is 5.41 Å². The van der Waals surface area contributed by atoms with Crippen molar-refractivity contribution in [2.45, 2.75) is 53.9 Å². The maximum absolute atomic E-state index is 8.89. The number of nitrogens with zero attached hydrogens (tertiary/aromatic N) is 1. The van der Waals surface area contributed by atoms with Crippen LogP contribution >= 0.6 is 0 Å². The molecule has 0 N–H and O–H groups in total. The summed E-state index contributed by atoms with van der Waals surface area (Å²) in [5.41, 5.74) is 5.77. The molecule has 0 aliphatic heterocycles. The molecule has 0 bridgehead atoms. The molecule has 0 saturated heterocycles. The zero-order valence-electron chi connectivity index (χ0n) is 16.3. The maximum atomic E-state index is 8.89. The summed E-state index contributed by atoms with van der Waals surface area (Å²) in [5, 5.41) is 8.89. The summed E-state index contributed by atoms with van der Waals surface area (Å²) in [7, 11) is 0. The van der Waals surface area contributed by atoms with E-state index in [1.165, 1.54) is 22.3 Å². The Morgan fingerprint density at radius 1 is 0.875 bits per heavy atom. The van der Waals surface area contributed by atoms with Crippen LogP contribution in [0.1, 0.15) is 49.9 Å². The fraction of sp³-hybridized carbons (Fsp3) is 0.348. The number of hydrogen-bond acceptors (Lipinski definition) is 1. The van der Waals surface area contributed by atoms with Gasteiger partial charge in [-0.15, -0.1) is 6.58 Å². The minimum atomic E-state index is -0.369. The molecule has 0 aliphatic carbocycles. The summed E-state index contributed by atoms with van der Waals surface area (Å²) in [5.74, 6) is 0. The van der Waals surface area contributed by atoms with Gasteiger partial charge in [-0.2, -0.15) is 5.26 Å². The minimum Gasteiger partial charge on any atom is -0.197 e. The topological polar surface area (TPSA) is 23.8 Å². The molecule has 0 aromatic heterocycles. The monoisotopic (exact) mass is 321 g/mol. The lowest BCUT2D eigenvalue weighted by atomic mass is 9.86. The number of nitriles is 1. The van der Waals surface area contributed by atoms with E-state index in [0.717, 1.165) is 5.56 Å². The molecular weight excluding hydrogens is 290 g/mol. The van der Waals surface area contributed by atoms with Crippen molar-refractivity contribution in [3.05, 3.63) is 82.9 Å². The van der Waals surface area contributed by atoms with E-state index >= 15 is 0 Å². The molecule has 0 amide bonds. The largest absolute Gasteiger partial charge is 0.197 e. The normalized spacial score (nSPS) is 9.58. The van der Waals surface area contributed by atoms with Crippen LogP contribution in [0.4, 0.5) is 0 Å². The Hall–Kier alpha value is -2.33. The van der Waals surface area contributed by atoms with E-state index in [1.54, 1.807) is 0 Å². The van der Waals surface area contributed by atoms with E-state index in [0.29, 0.717) is 0 Å². The first kappa shape index (κ1) is 21.7. The van der Waals surface area contributed by atoms with Crippen LogP contribution in [0.3, 0.4) is 0 Å². The van der Waals surface area contributed by atoms with Crippen LogP contribution in [-0.4, -0.2) is 0 Å². The third kappa shape index (κ3) is 9.64. The average molecular weight is 322 g/mol. The van der Waals surface area contributed by atoms with Gasteiger partial charge in [-0.3, -0.25) is 0 Å². The molecular formula is C23H31N. The number of hydrogen-bond donors (Lipinski definition) is 0. The molecule has 2 aromatic rings. The fourth-order valence-corrected chi connectivity index (χ4v) is 1.91. The molecule has 0 saturated carbocycles. The maximum Gasteiger partial charge on any atom is 0.0766 e. The van der Waals surface area contributed by atoms with E-state index in [9.17, 15) is 0 Å². The second-order valence-electron chi connectivity index (χ2n) is 6.97. The summed E-state index contributed by atoms with van der Waals surface area (Å²) in [6, 6.07) is 18.8. The summed E-state index contributed by atoms with van der Waals surface area (Å²) >= 11 is 0. The number of allylic oxidation sites excluding steroid dienone is 1. The summed E-state index contributed by atoms with van der Waals surface area (Å²) in [6.07, 6.45) is 0. The molecule has 0 heterocycles. The Balaban J connectivity index is 0.000000379. The van der Waals surface area contributed by atoms with Gasteiger partial charge in [0.05, 0.1) is 11.5 Å². The van der Waals surface area contributed by atoms with Gasteiger partial charge in [-0.25, -0.2) is 0 Å². The highest BCUT2D eigenvalue weighted by Crippen LogP contribution is 2.22. The van der Waals surface area contributed by atoms with Crippen molar-refractivity contribution in [2.24, 2.45) is 0 Å². The molecule has 0 atom stereocenters. The Labute approximate surface area is 148 Å². The Bertz CT molecular complexity index is 666. The standard InChI is InChI=1S/C11H13N.C8H10.C4H8/c1-9-5-4-6-10(7-9)11(2,3)8-12;1-7-4-3-5-8(2)6-7;1-4(2)3/h4-7H,1-3H3;3-6H,1-2H3;1H2,2-3H3. The lowest BCUT2D eigenvalue weighted by molar-refractivity contribution is 0.686. The smallest absolute Gasteiger partial charge is 0.0766 e. The van der Waals surface area contributed by atoms with E-state index < -0.39 is 0 Å². The number of rotatable bonds is 1. The molecule has 2 aromatic carbocycles. The highest BCUT2D eigenvalue weighted by molar-refractivity contribution is 5.33. The summed E-state index contributed by atoms with van der Waals surface area (Å²) in [6.45, 7) is 17.6. The van der Waals surface area contributed by atoms with Crippen molar-refractivity contribution >= 4 is 0 Å². The quantitative estimate of drug-likeness (QED) is 0.537. The van der Waals surface area contributed by atoms with E-state index in [4.69, 9.17) is 5.26 Å². The molecule has 0 fully saturated rings. The van der Waals surface area contributed by atoms with Gasteiger partial charge in [0.1, 0.15) is 0 Å².